The van der Waals surface area contributed by atoms with Crippen LogP contribution in [-0.4, -0.2) is 20.5 Å². The van der Waals surface area contributed by atoms with Crippen LogP contribution < -0.4 is 0 Å². The normalized spacial score (nSPS) is 10.8. The third kappa shape index (κ3) is 1.70. The van der Waals surface area contributed by atoms with E-state index in [1.54, 1.807) is 0 Å². The third-order valence-electron chi connectivity index (χ3n) is 2.44. The molecule has 0 aliphatic rings. The summed E-state index contributed by atoms with van der Waals surface area (Å²) < 4.78 is 1.91. The number of imidazole rings is 1. The monoisotopic (exact) mass is 204 g/mol. The van der Waals surface area contributed by atoms with Gasteiger partial charge in [0.2, 0.25) is 0 Å². The minimum absolute atomic E-state index is 0.0213. The van der Waals surface area contributed by atoms with Gasteiger partial charge < -0.3 is 9.51 Å². The van der Waals surface area contributed by atoms with Crippen LogP contribution in [0.15, 0.2) is 18.3 Å². The van der Waals surface area contributed by atoms with E-state index < -0.39 is 5.97 Å². The van der Waals surface area contributed by atoms with Crippen LogP contribution in [0.2, 0.25) is 0 Å². The second kappa shape index (κ2) is 3.38. The Labute approximate surface area is 87.2 Å². The highest BCUT2D eigenvalue weighted by molar-refractivity contribution is 5.70. The first-order chi connectivity index (χ1) is 7.08. The van der Waals surface area contributed by atoms with Crippen molar-refractivity contribution in [3.05, 3.63) is 35.3 Å². The van der Waals surface area contributed by atoms with Gasteiger partial charge in [0, 0.05) is 11.9 Å². The molecule has 2 heterocycles. The van der Waals surface area contributed by atoms with Crippen LogP contribution in [0.3, 0.4) is 0 Å². The summed E-state index contributed by atoms with van der Waals surface area (Å²) in [6.07, 6.45) is 1.89. The second-order valence-corrected chi connectivity index (χ2v) is 3.65. The number of hydrogen-bond acceptors (Lipinski definition) is 2. The average Bonchev–Trinajstić information content (AvgIpc) is 2.42. The van der Waals surface area contributed by atoms with E-state index in [2.05, 4.69) is 4.98 Å². The second-order valence-electron chi connectivity index (χ2n) is 3.65. The van der Waals surface area contributed by atoms with Crippen molar-refractivity contribution in [2.45, 2.75) is 20.3 Å². The van der Waals surface area contributed by atoms with Gasteiger partial charge in [0.25, 0.3) is 0 Å². The van der Waals surface area contributed by atoms with E-state index in [-0.39, 0.29) is 6.42 Å². The van der Waals surface area contributed by atoms with Gasteiger partial charge in [-0.15, -0.1) is 0 Å². The highest BCUT2D eigenvalue weighted by Gasteiger charge is 2.10. The van der Waals surface area contributed by atoms with Crippen molar-refractivity contribution in [1.29, 1.82) is 0 Å². The molecule has 0 amide bonds. The van der Waals surface area contributed by atoms with Gasteiger partial charge in [0.05, 0.1) is 12.1 Å². The summed E-state index contributed by atoms with van der Waals surface area (Å²) in [7, 11) is 0. The lowest BCUT2D eigenvalue weighted by molar-refractivity contribution is -0.136. The Morgan fingerprint density at radius 3 is 2.93 bits per heavy atom. The topological polar surface area (TPSA) is 54.6 Å². The van der Waals surface area contributed by atoms with Crippen LogP contribution in [0.1, 0.15) is 17.0 Å². The molecule has 0 saturated carbocycles. The fraction of sp³-hybridized carbons (Fsp3) is 0.273. The number of carboxylic acid groups (broad SMARTS) is 1. The maximum atomic E-state index is 10.6. The summed E-state index contributed by atoms with van der Waals surface area (Å²) in [5.41, 5.74) is 3.46. The molecule has 0 aliphatic carbocycles. The van der Waals surface area contributed by atoms with E-state index in [1.807, 2.05) is 36.6 Å². The summed E-state index contributed by atoms with van der Waals surface area (Å²) in [6, 6.07) is 3.92. The largest absolute Gasteiger partial charge is 0.481 e. The maximum absolute atomic E-state index is 10.6. The molecular formula is C11H12N2O2. The summed E-state index contributed by atoms with van der Waals surface area (Å²) in [6.45, 7) is 3.87. The fourth-order valence-electron chi connectivity index (χ4n) is 1.63. The maximum Gasteiger partial charge on any atom is 0.309 e. The Morgan fingerprint density at radius 1 is 1.53 bits per heavy atom. The number of nitrogens with zero attached hydrogens (tertiary/aromatic N) is 2. The van der Waals surface area contributed by atoms with Crippen molar-refractivity contribution in [3.63, 3.8) is 0 Å². The molecule has 0 bridgehead atoms. The molecular weight excluding hydrogens is 192 g/mol. The van der Waals surface area contributed by atoms with Crippen LogP contribution in [-0.2, 0) is 11.2 Å². The predicted octanol–water partition coefficient (Wildman–Crippen LogP) is 1.58. The van der Waals surface area contributed by atoms with E-state index in [1.165, 1.54) is 0 Å². The van der Waals surface area contributed by atoms with E-state index in [4.69, 9.17) is 5.11 Å². The molecule has 0 spiro atoms. The zero-order valence-corrected chi connectivity index (χ0v) is 8.69. The molecule has 0 radical (unpaired) electrons. The minimum Gasteiger partial charge on any atom is -0.481 e. The first-order valence-corrected chi connectivity index (χ1v) is 4.74. The highest BCUT2D eigenvalue weighted by Crippen LogP contribution is 2.13. The van der Waals surface area contributed by atoms with Crippen molar-refractivity contribution >= 4 is 11.6 Å². The van der Waals surface area contributed by atoms with E-state index in [0.29, 0.717) is 5.69 Å². The number of carboxylic acids is 1. The zero-order valence-electron chi connectivity index (χ0n) is 8.69. The lowest BCUT2D eigenvalue weighted by Crippen LogP contribution is -2.02. The third-order valence-corrected chi connectivity index (χ3v) is 2.44. The molecule has 0 aliphatic heterocycles. The molecule has 4 nitrogen and oxygen atoms in total. The Balaban J connectivity index is 2.58. The quantitative estimate of drug-likeness (QED) is 0.808. The molecule has 15 heavy (non-hydrogen) atoms. The van der Waals surface area contributed by atoms with Gasteiger partial charge in [-0.05, 0) is 31.5 Å². The summed E-state index contributed by atoms with van der Waals surface area (Å²) in [5, 5.41) is 8.72. The highest BCUT2D eigenvalue weighted by atomic mass is 16.4. The number of pyridine rings is 1. The number of carbonyl (C=O) groups is 1. The van der Waals surface area contributed by atoms with Crippen LogP contribution in [0.5, 0.6) is 0 Å². The van der Waals surface area contributed by atoms with Crippen molar-refractivity contribution in [2.75, 3.05) is 0 Å². The minimum atomic E-state index is -0.849. The van der Waals surface area contributed by atoms with Crippen LogP contribution >= 0.6 is 0 Å². The van der Waals surface area contributed by atoms with Gasteiger partial charge >= 0.3 is 5.97 Å². The lowest BCUT2D eigenvalue weighted by atomic mass is 10.2. The van der Waals surface area contributed by atoms with Crippen LogP contribution in [0.4, 0.5) is 0 Å². The molecule has 0 fully saturated rings. The Bertz CT molecular complexity index is 529. The van der Waals surface area contributed by atoms with Gasteiger partial charge in [-0.2, -0.15) is 0 Å². The number of hydrogen-bond donors (Lipinski definition) is 1. The Morgan fingerprint density at radius 2 is 2.27 bits per heavy atom. The number of rotatable bonds is 2. The Hall–Kier alpha value is -1.84. The Kier molecular flexibility index (Phi) is 2.19. The lowest BCUT2D eigenvalue weighted by Gasteiger charge is -1.97. The number of aromatic nitrogens is 2. The molecule has 0 atom stereocenters. The summed E-state index contributed by atoms with van der Waals surface area (Å²) >= 11 is 0. The van der Waals surface area contributed by atoms with Crippen LogP contribution in [0.25, 0.3) is 5.65 Å². The SMILES string of the molecule is Cc1ccn2c(C)c(CC(=O)O)nc2c1. The molecule has 2 aromatic rings. The first kappa shape index (κ1) is 9.71. The van der Waals surface area contributed by atoms with Crippen LogP contribution in [0, 0.1) is 13.8 Å². The van der Waals surface area contributed by atoms with E-state index in [0.717, 1.165) is 16.9 Å². The number of aryl methyl sites for hydroxylation is 2. The average molecular weight is 204 g/mol. The van der Waals surface area contributed by atoms with Crippen molar-refractivity contribution in [3.8, 4) is 0 Å². The molecule has 2 aromatic heterocycles. The molecule has 0 saturated heterocycles. The van der Waals surface area contributed by atoms with Crippen molar-refractivity contribution in [2.24, 2.45) is 0 Å². The molecule has 0 aromatic carbocycles. The van der Waals surface area contributed by atoms with Gasteiger partial charge in [-0.25, -0.2) is 4.98 Å². The van der Waals surface area contributed by atoms with Gasteiger partial charge in [-0.1, -0.05) is 0 Å². The fourth-order valence-corrected chi connectivity index (χ4v) is 1.63. The summed E-state index contributed by atoms with van der Waals surface area (Å²) in [4.78, 5) is 14.9. The molecule has 4 heteroatoms. The van der Waals surface area contributed by atoms with Gasteiger partial charge in [-0.3, -0.25) is 4.79 Å². The number of aliphatic carboxylic acids is 1. The van der Waals surface area contributed by atoms with Gasteiger partial charge in [0.1, 0.15) is 5.65 Å². The molecule has 1 N–H and O–H groups in total. The number of fused-ring (bicyclic) bond motifs is 1. The van der Waals surface area contributed by atoms with E-state index >= 15 is 0 Å². The predicted molar refractivity (Wildman–Crippen MR) is 56.0 cm³/mol. The molecule has 78 valence electrons. The zero-order chi connectivity index (χ0) is 11.0. The standard InChI is InChI=1S/C11H12N2O2/c1-7-3-4-13-8(2)9(6-11(14)15)12-10(13)5-7/h3-5H,6H2,1-2H3,(H,14,15). The molecule has 0 unspecified atom stereocenters. The van der Waals surface area contributed by atoms with Gasteiger partial charge in [0.15, 0.2) is 0 Å². The molecule has 2 rings (SSSR count). The first-order valence-electron chi connectivity index (χ1n) is 4.74. The summed E-state index contributed by atoms with van der Waals surface area (Å²) in [5.74, 6) is -0.849. The van der Waals surface area contributed by atoms with Crippen molar-refractivity contribution in [1.82, 2.24) is 9.38 Å². The smallest absolute Gasteiger partial charge is 0.309 e. The van der Waals surface area contributed by atoms with E-state index in [9.17, 15) is 4.79 Å². The van der Waals surface area contributed by atoms with Crippen molar-refractivity contribution < 1.29 is 9.90 Å².